The van der Waals surface area contributed by atoms with Gasteiger partial charge in [-0.15, -0.1) is 23.4 Å². The minimum atomic E-state index is -0.0251. The fourth-order valence-electron chi connectivity index (χ4n) is 0.851. The van der Waals surface area contributed by atoms with Crippen LogP contribution in [0, 0.1) is 0 Å². The van der Waals surface area contributed by atoms with Crippen LogP contribution in [0.3, 0.4) is 0 Å². The van der Waals surface area contributed by atoms with Crippen molar-refractivity contribution in [1.29, 1.82) is 0 Å². The summed E-state index contributed by atoms with van der Waals surface area (Å²) in [6.45, 7) is 3.86. The predicted octanol–water partition coefficient (Wildman–Crippen LogP) is 5.80. The predicted molar refractivity (Wildman–Crippen MR) is 74.9 cm³/mol. The SMILES string of the molecule is CC(Cl)C(C)Sc1c(Cl)c(Cl)nc(Cl)c1Cl. The maximum atomic E-state index is 6.02. The molecule has 0 aromatic carbocycles. The molecule has 1 nitrogen and oxygen atoms in total. The second kappa shape index (κ2) is 6.21. The highest BCUT2D eigenvalue weighted by atomic mass is 35.5. The molecule has 0 fully saturated rings. The van der Waals surface area contributed by atoms with Crippen molar-refractivity contribution in [2.45, 2.75) is 29.4 Å². The van der Waals surface area contributed by atoms with Crippen LogP contribution < -0.4 is 0 Å². The Labute approximate surface area is 124 Å². The zero-order valence-electron chi connectivity index (χ0n) is 8.40. The van der Waals surface area contributed by atoms with Gasteiger partial charge in [-0.3, -0.25) is 0 Å². The number of thioether (sulfide) groups is 1. The van der Waals surface area contributed by atoms with Gasteiger partial charge < -0.3 is 0 Å². The fraction of sp³-hybridized carbons (Fsp3) is 0.444. The molecule has 0 bridgehead atoms. The molecule has 90 valence electrons. The average molecular weight is 340 g/mol. The van der Waals surface area contributed by atoms with E-state index in [-0.39, 0.29) is 20.9 Å². The molecule has 0 aliphatic carbocycles. The molecule has 0 aliphatic rings. The van der Waals surface area contributed by atoms with E-state index in [1.807, 2.05) is 13.8 Å². The Morgan fingerprint density at radius 3 is 1.81 bits per heavy atom. The summed E-state index contributed by atoms with van der Waals surface area (Å²) in [4.78, 5) is 4.42. The number of hydrogen-bond acceptors (Lipinski definition) is 2. The Bertz CT molecular complexity index is 370. The highest BCUT2D eigenvalue weighted by molar-refractivity contribution is 8.00. The van der Waals surface area contributed by atoms with Crippen LogP contribution in [0.15, 0.2) is 4.90 Å². The lowest BCUT2D eigenvalue weighted by atomic mass is 10.4. The molecule has 0 N–H and O–H groups in total. The van der Waals surface area contributed by atoms with Crippen molar-refractivity contribution in [3.05, 3.63) is 20.4 Å². The molecule has 16 heavy (non-hydrogen) atoms. The van der Waals surface area contributed by atoms with Crippen molar-refractivity contribution < 1.29 is 0 Å². The van der Waals surface area contributed by atoms with E-state index < -0.39 is 0 Å². The lowest BCUT2D eigenvalue weighted by Gasteiger charge is -2.16. The van der Waals surface area contributed by atoms with Gasteiger partial charge in [0.2, 0.25) is 0 Å². The van der Waals surface area contributed by atoms with Gasteiger partial charge in [0.05, 0.1) is 14.9 Å². The summed E-state index contributed by atoms with van der Waals surface area (Å²) in [5.41, 5.74) is 0. The maximum Gasteiger partial charge on any atom is 0.150 e. The molecule has 0 radical (unpaired) electrons. The van der Waals surface area contributed by atoms with Gasteiger partial charge in [-0.05, 0) is 6.92 Å². The van der Waals surface area contributed by atoms with Gasteiger partial charge in [-0.25, -0.2) is 4.98 Å². The van der Waals surface area contributed by atoms with Crippen molar-refractivity contribution in [3.8, 4) is 0 Å². The molecule has 7 heteroatoms. The molecular formula is C9H8Cl5NS. The van der Waals surface area contributed by atoms with Crippen molar-refractivity contribution in [1.82, 2.24) is 4.98 Å². The van der Waals surface area contributed by atoms with E-state index in [9.17, 15) is 0 Å². The molecule has 0 spiro atoms. The van der Waals surface area contributed by atoms with Crippen LogP contribution in [0.5, 0.6) is 0 Å². The first kappa shape index (κ1) is 15.0. The second-order valence-electron chi connectivity index (χ2n) is 3.15. The molecular weight excluding hydrogens is 331 g/mol. The van der Waals surface area contributed by atoms with E-state index in [0.717, 1.165) is 0 Å². The first-order valence-electron chi connectivity index (χ1n) is 4.35. The van der Waals surface area contributed by atoms with Crippen molar-refractivity contribution in [2.75, 3.05) is 0 Å². The third kappa shape index (κ3) is 3.47. The third-order valence-corrected chi connectivity index (χ3v) is 5.56. The molecule has 0 amide bonds. The quantitative estimate of drug-likeness (QED) is 0.392. The largest absolute Gasteiger partial charge is 0.221 e. The van der Waals surface area contributed by atoms with Crippen molar-refractivity contribution >= 4 is 69.8 Å². The minimum absolute atomic E-state index is 0.0251. The van der Waals surface area contributed by atoms with Gasteiger partial charge in [-0.1, -0.05) is 53.3 Å². The van der Waals surface area contributed by atoms with Gasteiger partial charge in [0.25, 0.3) is 0 Å². The first-order valence-corrected chi connectivity index (χ1v) is 7.18. The van der Waals surface area contributed by atoms with E-state index >= 15 is 0 Å². The van der Waals surface area contributed by atoms with Crippen LogP contribution in [0.25, 0.3) is 0 Å². The highest BCUT2D eigenvalue weighted by Gasteiger charge is 2.20. The normalized spacial score (nSPS) is 14.9. The van der Waals surface area contributed by atoms with Gasteiger partial charge >= 0.3 is 0 Å². The van der Waals surface area contributed by atoms with Gasteiger partial charge in [0.15, 0.2) is 10.3 Å². The average Bonchev–Trinajstić information content (AvgIpc) is 2.21. The number of pyridine rings is 1. The molecule has 2 unspecified atom stereocenters. The summed E-state index contributed by atoms with van der Waals surface area (Å²) in [6, 6.07) is 0. The van der Waals surface area contributed by atoms with Gasteiger partial charge in [-0.2, -0.15) is 0 Å². The van der Waals surface area contributed by atoms with Crippen LogP contribution >= 0.6 is 69.8 Å². The van der Waals surface area contributed by atoms with E-state index in [1.54, 1.807) is 0 Å². The number of aromatic nitrogens is 1. The lowest BCUT2D eigenvalue weighted by Crippen LogP contribution is -2.09. The molecule has 0 aliphatic heterocycles. The Morgan fingerprint density at radius 1 is 1.00 bits per heavy atom. The topological polar surface area (TPSA) is 12.9 Å². The fourth-order valence-corrected chi connectivity index (χ4v) is 3.07. The summed E-state index contributed by atoms with van der Waals surface area (Å²) < 4.78 is 0. The third-order valence-electron chi connectivity index (χ3n) is 1.91. The number of rotatable bonds is 3. The van der Waals surface area contributed by atoms with Crippen LogP contribution in [0.1, 0.15) is 13.8 Å². The molecule has 1 aromatic heterocycles. The Morgan fingerprint density at radius 2 is 1.44 bits per heavy atom. The Kier molecular flexibility index (Phi) is 5.83. The van der Waals surface area contributed by atoms with E-state index in [2.05, 4.69) is 4.98 Å². The molecule has 2 atom stereocenters. The summed E-state index contributed by atoms with van der Waals surface area (Å²) in [7, 11) is 0. The summed E-state index contributed by atoms with van der Waals surface area (Å²) in [6.07, 6.45) is 0. The van der Waals surface area contributed by atoms with Crippen molar-refractivity contribution in [2.24, 2.45) is 0 Å². The van der Waals surface area contributed by atoms with E-state index in [4.69, 9.17) is 58.0 Å². The monoisotopic (exact) mass is 337 g/mol. The molecule has 1 heterocycles. The van der Waals surface area contributed by atoms with Crippen LogP contribution in [0.4, 0.5) is 0 Å². The maximum absolute atomic E-state index is 6.02. The first-order chi connectivity index (χ1) is 7.34. The smallest absolute Gasteiger partial charge is 0.150 e. The summed E-state index contributed by atoms with van der Waals surface area (Å²) >= 11 is 31.1. The zero-order valence-corrected chi connectivity index (χ0v) is 13.0. The van der Waals surface area contributed by atoms with Crippen molar-refractivity contribution in [3.63, 3.8) is 0 Å². The van der Waals surface area contributed by atoms with Crippen LogP contribution in [-0.4, -0.2) is 15.6 Å². The van der Waals surface area contributed by atoms with Crippen LogP contribution in [-0.2, 0) is 0 Å². The second-order valence-corrected chi connectivity index (χ2v) is 6.70. The Balaban J connectivity index is 3.12. The minimum Gasteiger partial charge on any atom is -0.221 e. The summed E-state index contributed by atoms with van der Waals surface area (Å²) in [5, 5.41) is 1.02. The highest BCUT2D eigenvalue weighted by Crippen LogP contribution is 2.43. The lowest BCUT2D eigenvalue weighted by molar-refractivity contribution is 0.914. The molecule has 1 rings (SSSR count). The number of hydrogen-bond donors (Lipinski definition) is 0. The van der Waals surface area contributed by atoms with Gasteiger partial charge in [0, 0.05) is 10.6 Å². The standard InChI is InChI=1S/C9H8Cl5NS/c1-3(10)4(2)16-7-5(11)8(13)15-9(14)6(7)12/h3-4H,1-2H3. The molecule has 0 saturated carbocycles. The zero-order chi connectivity index (χ0) is 12.5. The Hall–Kier alpha value is 0.950. The van der Waals surface area contributed by atoms with E-state index in [0.29, 0.717) is 14.9 Å². The molecule has 1 aromatic rings. The summed E-state index contributed by atoms with van der Waals surface area (Å²) in [5.74, 6) is 0. The van der Waals surface area contributed by atoms with Gasteiger partial charge in [0.1, 0.15) is 0 Å². The number of alkyl halides is 1. The van der Waals surface area contributed by atoms with Crippen LogP contribution in [0.2, 0.25) is 20.4 Å². The molecule has 0 saturated heterocycles. The van der Waals surface area contributed by atoms with E-state index in [1.165, 1.54) is 11.8 Å². The number of halogens is 5. The number of nitrogens with zero attached hydrogens (tertiary/aromatic N) is 1.